The van der Waals surface area contributed by atoms with Crippen LogP contribution in [0.25, 0.3) is 0 Å². The Labute approximate surface area is 97.6 Å². The molecule has 2 heteroatoms. The fourth-order valence-electron chi connectivity index (χ4n) is 2.03. The summed E-state index contributed by atoms with van der Waals surface area (Å²) in [6.45, 7) is 6.05. The lowest BCUT2D eigenvalue weighted by molar-refractivity contribution is -0.129. The Kier molecular flexibility index (Phi) is 4.69. The molecule has 88 valence electrons. The maximum absolute atomic E-state index is 12.0. The smallest absolute Gasteiger partial charge is 0.166 e. The van der Waals surface area contributed by atoms with E-state index in [9.17, 15) is 4.79 Å². The molecule has 0 aromatic heterocycles. The first kappa shape index (κ1) is 12.9. The first-order valence-corrected chi connectivity index (χ1v) is 5.73. The van der Waals surface area contributed by atoms with Crippen LogP contribution >= 0.6 is 0 Å². The van der Waals surface area contributed by atoms with Crippen LogP contribution in [0.3, 0.4) is 0 Å². The molecule has 1 aromatic rings. The number of ketones is 1. The molecule has 0 saturated heterocycles. The van der Waals surface area contributed by atoms with Crippen LogP contribution in [0.1, 0.15) is 42.6 Å². The predicted octanol–water partition coefficient (Wildman–Crippen LogP) is 3.36. The molecular weight excluding hydrogens is 200 g/mol. The van der Waals surface area contributed by atoms with Crippen LogP contribution in [0.4, 0.5) is 0 Å². The third-order valence-corrected chi connectivity index (χ3v) is 2.83. The lowest BCUT2D eigenvalue weighted by atomic mass is 9.94. The van der Waals surface area contributed by atoms with Crippen LogP contribution in [-0.4, -0.2) is 12.9 Å². The summed E-state index contributed by atoms with van der Waals surface area (Å²) in [7, 11) is 1.60. The molecule has 1 rings (SSSR count). The zero-order chi connectivity index (χ0) is 12.1. The minimum atomic E-state index is -0.402. The highest BCUT2D eigenvalue weighted by atomic mass is 16.5. The van der Waals surface area contributed by atoms with Crippen LogP contribution in [0, 0.1) is 13.8 Å². The number of ether oxygens (including phenoxy) is 1. The fraction of sp³-hybridized carbons (Fsp3) is 0.500. The van der Waals surface area contributed by atoms with Gasteiger partial charge in [-0.3, -0.25) is 4.79 Å². The van der Waals surface area contributed by atoms with Crippen LogP contribution in [-0.2, 0) is 9.53 Å². The van der Waals surface area contributed by atoms with Gasteiger partial charge < -0.3 is 4.74 Å². The van der Waals surface area contributed by atoms with Gasteiger partial charge >= 0.3 is 0 Å². The number of benzene rings is 1. The van der Waals surface area contributed by atoms with Crippen molar-refractivity contribution >= 4 is 5.78 Å². The summed E-state index contributed by atoms with van der Waals surface area (Å²) in [6, 6.07) is 6.05. The highest BCUT2D eigenvalue weighted by Gasteiger charge is 2.22. The topological polar surface area (TPSA) is 26.3 Å². The Morgan fingerprint density at radius 3 is 2.31 bits per heavy atom. The van der Waals surface area contributed by atoms with Crippen molar-refractivity contribution in [3.8, 4) is 0 Å². The highest BCUT2D eigenvalue weighted by molar-refractivity contribution is 5.85. The van der Waals surface area contributed by atoms with Gasteiger partial charge in [-0.25, -0.2) is 0 Å². The molecule has 0 aliphatic heterocycles. The molecule has 16 heavy (non-hydrogen) atoms. The van der Waals surface area contributed by atoms with Gasteiger partial charge in [-0.2, -0.15) is 0 Å². The normalized spacial score (nSPS) is 12.5. The van der Waals surface area contributed by atoms with Crippen LogP contribution < -0.4 is 0 Å². The van der Waals surface area contributed by atoms with Gasteiger partial charge in [-0.15, -0.1) is 0 Å². The number of aryl methyl sites for hydroxylation is 2. The van der Waals surface area contributed by atoms with E-state index in [1.165, 1.54) is 0 Å². The van der Waals surface area contributed by atoms with Crippen molar-refractivity contribution in [1.82, 2.24) is 0 Å². The first-order valence-electron chi connectivity index (χ1n) is 5.73. The standard InChI is InChI=1S/C14H20O2/c1-5-7-12(15)14(16-4)13-10(2)8-6-9-11(13)3/h6,8-9,14H,5,7H2,1-4H3. The maximum Gasteiger partial charge on any atom is 0.166 e. The molecule has 1 aromatic carbocycles. The second-order valence-electron chi connectivity index (χ2n) is 4.14. The molecule has 0 bridgehead atoms. The van der Waals surface area contributed by atoms with Gasteiger partial charge in [0.15, 0.2) is 5.78 Å². The molecule has 0 N–H and O–H groups in total. The summed E-state index contributed by atoms with van der Waals surface area (Å²) >= 11 is 0. The largest absolute Gasteiger partial charge is 0.369 e. The van der Waals surface area contributed by atoms with Crippen molar-refractivity contribution in [3.63, 3.8) is 0 Å². The van der Waals surface area contributed by atoms with E-state index in [1.807, 2.05) is 39.0 Å². The molecule has 2 nitrogen and oxygen atoms in total. The lowest BCUT2D eigenvalue weighted by Gasteiger charge is -2.18. The second-order valence-corrected chi connectivity index (χ2v) is 4.14. The van der Waals surface area contributed by atoms with Crippen molar-refractivity contribution in [2.75, 3.05) is 7.11 Å². The van der Waals surface area contributed by atoms with E-state index < -0.39 is 6.10 Å². The molecule has 1 unspecified atom stereocenters. The number of hydrogen-bond donors (Lipinski definition) is 0. The quantitative estimate of drug-likeness (QED) is 0.760. The van der Waals surface area contributed by atoms with E-state index >= 15 is 0 Å². The third kappa shape index (κ3) is 2.70. The van der Waals surface area contributed by atoms with Gasteiger partial charge in [0, 0.05) is 13.5 Å². The van der Waals surface area contributed by atoms with Gasteiger partial charge in [0.1, 0.15) is 6.10 Å². The van der Waals surface area contributed by atoms with Crippen molar-refractivity contribution in [2.45, 2.75) is 39.7 Å². The molecule has 0 heterocycles. The molecular formula is C14H20O2. The van der Waals surface area contributed by atoms with Crippen molar-refractivity contribution in [2.24, 2.45) is 0 Å². The molecule has 0 radical (unpaired) electrons. The lowest BCUT2D eigenvalue weighted by Crippen LogP contribution is -2.16. The van der Waals surface area contributed by atoms with Crippen molar-refractivity contribution in [3.05, 3.63) is 34.9 Å². The fourth-order valence-corrected chi connectivity index (χ4v) is 2.03. The monoisotopic (exact) mass is 220 g/mol. The Hall–Kier alpha value is -1.15. The third-order valence-electron chi connectivity index (χ3n) is 2.83. The number of Topliss-reactive ketones (excluding diaryl/α,β-unsaturated/α-hetero) is 1. The number of rotatable bonds is 5. The van der Waals surface area contributed by atoms with Crippen LogP contribution in [0.5, 0.6) is 0 Å². The van der Waals surface area contributed by atoms with Crippen molar-refractivity contribution in [1.29, 1.82) is 0 Å². The number of carbonyl (C=O) groups excluding carboxylic acids is 1. The van der Waals surface area contributed by atoms with Crippen LogP contribution in [0.15, 0.2) is 18.2 Å². The summed E-state index contributed by atoms with van der Waals surface area (Å²) in [4.78, 5) is 12.0. The molecule has 0 saturated carbocycles. The molecule has 0 aliphatic rings. The molecule has 0 spiro atoms. The minimum absolute atomic E-state index is 0.169. The number of methoxy groups -OCH3 is 1. The van der Waals surface area contributed by atoms with E-state index in [0.29, 0.717) is 6.42 Å². The van der Waals surface area contributed by atoms with E-state index in [1.54, 1.807) is 7.11 Å². The molecule has 0 fully saturated rings. The first-order chi connectivity index (χ1) is 7.61. The van der Waals surface area contributed by atoms with Gasteiger partial charge in [-0.05, 0) is 37.0 Å². The predicted molar refractivity (Wildman–Crippen MR) is 65.6 cm³/mol. The molecule has 0 aliphatic carbocycles. The summed E-state index contributed by atoms with van der Waals surface area (Å²) in [5, 5.41) is 0. The average Bonchev–Trinajstić information content (AvgIpc) is 2.24. The molecule has 0 amide bonds. The SMILES string of the molecule is CCCC(=O)C(OC)c1c(C)cccc1C. The second kappa shape index (κ2) is 5.80. The average molecular weight is 220 g/mol. The van der Waals surface area contributed by atoms with E-state index in [4.69, 9.17) is 4.74 Å². The number of carbonyl (C=O) groups is 1. The van der Waals surface area contributed by atoms with Gasteiger partial charge in [-0.1, -0.05) is 25.1 Å². The Morgan fingerprint density at radius 2 is 1.88 bits per heavy atom. The van der Waals surface area contributed by atoms with Crippen LogP contribution in [0.2, 0.25) is 0 Å². The number of hydrogen-bond acceptors (Lipinski definition) is 2. The van der Waals surface area contributed by atoms with Gasteiger partial charge in [0.25, 0.3) is 0 Å². The van der Waals surface area contributed by atoms with Gasteiger partial charge in [0.2, 0.25) is 0 Å². The Morgan fingerprint density at radius 1 is 1.31 bits per heavy atom. The summed E-state index contributed by atoms with van der Waals surface area (Å²) in [5.41, 5.74) is 3.27. The van der Waals surface area contributed by atoms with E-state index in [2.05, 4.69) is 0 Å². The Balaban J connectivity index is 3.08. The minimum Gasteiger partial charge on any atom is -0.369 e. The maximum atomic E-state index is 12.0. The summed E-state index contributed by atoms with van der Waals surface area (Å²) in [5.74, 6) is 0.169. The van der Waals surface area contributed by atoms with Gasteiger partial charge in [0.05, 0.1) is 0 Å². The summed E-state index contributed by atoms with van der Waals surface area (Å²) in [6.07, 6.45) is 1.04. The molecule has 1 atom stereocenters. The zero-order valence-electron chi connectivity index (χ0n) is 10.5. The summed E-state index contributed by atoms with van der Waals surface area (Å²) < 4.78 is 5.36. The zero-order valence-corrected chi connectivity index (χ0v) is 10.5. The Bertz CT molecular complexity index is 349. The van der Waals surface area contributed by atoms with E-state index in [0.717, 1.165) is 23.1 Å². The highest BCUT2D eigenvalue weighted by Crippen LogP contribution is 2.26. The van der Waals surface area contributed by atoms with E-state index in [-0.39, 0.29) is 5.78 Å². The van der Waals surface area contributed by atoms with Crippen molar-refractivity contribution < 1.29 is 9.53 Å².